The van der Waals surface area contributed by atoms with Gasteiger partial charge in [-0.15, -0.1) is 11.3 Å². The Morgan fingerprint density at radius 1 is 1.28 bits per heavy atom. The summed E-state index contributed by atoms with van der Waals surface area (Å²) in [7, 11) is 0. The molecular weight excluding hydrogens is 240 g/mol. The minimum Gasteiger partial charge on any atom is -0.320 e. The van der Waals surface area contributed by atoms with Crippen molar-refractivity contribution in [2.75, 3.05) is 0 Å². The highest BCUT2D eigenvalue weighted by Crippen LogP contribution is 2.29. The molecule has 18 heavy (non-hydrogen) atoms. The molecule has 1 aromatic carbocycles. The van der Waals surface area contributed by atoms with Gasteiger partial charge in [0.05, 0.1) is 11.2 Å². The second-order valence-corrected chi connectivity index (χ2v) is 5.97. The quantitative estimate of drug-likeness (QED) is 0.905. The maximum Gasteiger partial charge on any atom is 0.113 e. The Hall–Kier alpha value is -1.19. The van der Waals surface area contributed by atoms with Crippen molar-refractivity contribution >= 4 is 11.3 Å². The zero-order valence-corrected chi connectivity index (χ0v) is 12.3. The van der Waals surface area contributed by atoms with E-state index in [1.54, 1.807) is 11.3 Å². The predicted octanol–water partition coefficient (Wildman–Crippen LogP) is 4.01. The van der Waals surface area contributed by atoms with Crippen molar-refractivity contribution in [1.29, 1.82) is 0 Å². The van der Waals surface area contributed by atoms with Gasteiger partial charge in [0.15, 0.2) is 0 Å². The van der Waals surface area contributed by atoms with E-state index in [-0.39, 0.29) is 5.54 Å². The molecule has 0 radical (unpaired) electrons. The van der Waals surface area contributed by atoms with Crippen LogP contribution in [0.15, 0.2) is 23.6 Å². The van der Waals surface area contributed by atoms with Gasteiger partial charge in [0.1, 0.15) is 5.01 Å². The highest BCUT2D eigenvalue weighted by atomic mass is 32.1. The van der Waals surface area contributed by atoms with Gasteiger partial charge in [0, 0.05) is 10.9 Å². The van der Waals surface area contributed by atoms with Crippen LogP contribution in [-0.4, -0.2) is 4.98 Å². The van der Waals surface area contributed by atoms with E-state index in [1.165, 1.54) is 16.7 Å². The lowest BCUT2D eigenvalue weighted by Gasteiger charge is -2.18. The molecule has 1 unspecified atom stereocenters. The van der Waals surface area contributed by atoms with Crippen molar-refractivity contribution in [2.24, 2.45) is 5.73 Å². The SMILES string of the molecule is CCC(C)(N)c1nc(-c2ccc(C)c(C)c2)cs1. The number of aryl methyl sites for hydroxylation is 2. The Morgan fingerprint density at radius 2 is 2.00 bits per heavy atom. The summed E-state index contributed by atoms with van der Waals surface area (Å²) in [5.74, 6) is 0. The number of hydrogen-bond donors (Lipinski definition) is 1. The van der Waals surface area contributed by atoms with Crippen molar-refractivity contribution in [2.45, 2.75) is 39.7 Å². The molecule has 2 N–H and O–H groups in total. The molecule has 96 valence electrons. The van der Waals surface area contributed by atoms with Gasteiger partial charge in [0.25, 0.3) is 0 Å². The summed E-state index contributed by atoms with van der Waals surface area (Å²) in [6, 6.07) is 6.46. The summed E-state index contributed by atoms with van der Waals surface area (Å²) in [5, 5.41) is 3.11. The van der Waals surface area contributed by atoms with Gasteiger partial charge in [-0.3, -0.25) is 0 Å². The van der Waals surface area contributed by atoms with Gasteiger partial charge in [-0.25, -0.2) is 4.98 Å². The summed E-state index contributed by atoms with van der Waals surface area (Å²) >= 11 is 1.65. The van der Waals surface area contributed by atoms with Crippen molar-refractivity contribution < 1.29 is 0 Å². The fraction of sp³-hybridized carbons (Fsp3) is 0.400. The first kappa shape index (κ1) is 13.2. The second kappa shape index (κ2) is 4.82. The molecule has 1 heterocycles. The fourth-order valence-electron chi connectivity index (χ4n) is 1.72. The first-order valence-corrected chi connectivity index (χ1v) is 7.14. The molecule has 0 fully saturated rings. The molecule has 2 nitrogen and oxygen atoms in total. The Labute approximate surface area is 113 Å². The molecular formula is C15H20N2S. The topological polar surface area (TPSA) is 38.9 Å². The predicted molar refractivity (Wildman–Crippen MR) is 78.9 cm³/mol. The minimum atomic E-state index is -0.317. The average Bonchev–Trinajstić information content (AvgIpc) is 2.83. The molecule has 0 bridgehead atoms. The summed E-state index contributed by atoms with van der Waals surface area (Å²) in [6.07, 6.45) is 0.896. The van der Waals surface area contributed by atoms with Crippen LogP contribution < -0.4 is 5.73 Å². The molecule has 2 aromatic rings. The van der Waals surface area contributed by atoms with Crippen LogP contribution in [0.1, 0.15) is 36.4 Å². The van der Waals surface area contributed by atoms with Crippen LogP contribution in [0.4, 0.5) is 0 Å². The smallest absolute Gasteiger partial charge is 0.113 e. The van der Waals surface area contributed by atoms with Crippen molar-refractivity contribution in [3.8, 4) is 11.3 Å². The molecule has 0 aliphatic carbocycles. The zero-order valence-electron chi connectivity index (χ0n) is 11.4. The van der Waals surface area contributed by atoms with E-state index in [4.69, 9.17) is 5.73 Å². The third kappa shape index (κ3) is 2.47. The van der Waals surface area contributed by atoms with Gasteiger partial charge in [-0.05, 0) is 44.4 Å². The lowest BCUT2D eigenvalue weighted by molar-refractivity contribution is 0.474. The summed E-state index contributed by atoms with van der Waals surface area (Å²) in [5.41, 5.74) is 10.7. The van der Waals surface area contributed by atoms with Crippen LogP contribution in [-0.2, 0) is 5.54 Å². The van der Waals surface area contributed by atoms with Crippen LogP contribution >= 0.6 is 11.3 Å². The number of benzene rings is 1. The van der Waals surface area contributed by atoms with Gasteiger partial charge >= 0.3 is 0 Å². The fourth-order valence-corrected chi connectivity index (χ4v) is 2.70. The number of thiazole rings is 1. The van der Waals surface area contributed by atoms with E-state index < -0.39 is 0 Å². The molecule has 3 heteroatoms. The van der Waals surface area contributed by atoms with Crippen molar-refractivity contribution in [3.05, 3.63) is 39.7 Å². The highest BCUT2D eigenvalue weighted by Gasteiger charge is 2.22. The molecule has 0 aliphatic heterocycles. The number of nitrogens with zero attached hydrogens (tertiary/aromatic N) is 1. The molecule has 0 spiro atoms. The third-order valence-electron chi connectivity index (χ3n) is 3.53. The Balaban J connectivity index is 2.38. The molecule has 1 aromatic heterocycles. The van der Waals surface area contributed by atoms with E-state index in [9.17, 15) is 0 Å². The van der Waals surface area contributed by atoms with E-state index in [1.807, 2.05) is 6.92 Å². The zero-order chi connectivity index (χ0) is 13.3. The first-order chi connectivity index (χ1) is 8.44. The number of hydrogen-bond acceptors (Lipinski definition) is 3. The maximum atomic E-state index is 6.23. The summed E-state index contributed by atoms with van der Waals surface area (Å²) in [4.78, 5) is 4.69. The lowest BCUT2D eigenvalue weighted by atomic mass is 10.0. The minimum absolute atomic E-state index is 0.317. The van der Waals surface area contributed by atoms with Crippen LogP contribution in [0.2, 0.25) is 0 Å². The standard InChI is InChI=1S/C15H20N2S/c1-5-15(4,16)14-17-13(9-18-14)12-7-6-10(2)11(3)8-12/h6-9H,5,16H2,1-4H3. The molecule has 0 aliphatic rings. The van der Waals surface area contributed by atoms with Crippen LogP contribution in [0.25, 0.3) is 11.3 Å². The van der Waals surface area contributed by atoms with Gasteiger partial charge in [-0.2, -0.15) is 0 Å². The number of aromatic nitrogens is 1. The van der Waals surface area contributed by atoms with Gasteiger partial charge in [0.2, 0.25) is 0 Å². The third-order valence-corrected chi connectivity index (χ3v) is 4.65. The van der Waals surface area contributed by atoms with Crippen LogP contribution in [0.3, 0.4) is 0 Å². The number of nitrogens with two attached hydrogens (primary N) is 1. The molecule has 0 saturated heterocycles. The Morgan fingerprint density at radius 3 is 2.61 bits per heavy atom. The summed E-state index contributed by atoms with van der Waals surface area (Å²) < 4.78 is 0. The lowest BCUT2D eigenvalue weighted by Crippen LogP contribution is -2.31. The average molecular weight is 260 g/mol. The van der Waals surface area contributed by atoms with Crippen molar-refractivity contribution in [3.63, 3.8) is 0 Å². The number of rotatable bonds is 3. The van der Waals surface area contributed by atoms with Crippen LogP contribution in [0.5, 0.6) is 0 Å². The normalized spacial score (nSPS) is 14.5. The summed E-state index contributed by atoms with van der Waals surface area (Å²) in [6.45, 7) is 8.39. The Kier molecular flexibility index (Phi) is 3.55. The molecule has 2 rings (SSSR count). The monoisotopic (exact) mass is 260 g/mol. The first-order valence-electron chi connectivity index (χ1n) is 6.26. The van der Waals surface area contributed by atoms with Gasteiger partial charge < -0.3 is 5.73 Å². The largest absolute Gasteiger partial charge is 0.320 e. The van der Waals surface area contributed by atoms with Gasteiger partial charge in [-0.1, -0.05) is 19.1 Å². The van der Waals surface area contributed by atoms with Crippen LogP contribution in [0, 0.1) is 13.8 Å². The Bertz CT molecular complexity index is 555. The van der Waals surface area contributed by atoms with E-state index >= 15 is 0 Å². The maximum absolute atomic E-state index is 6.23. The van der Waals surface area contributed by atoms with E-state index in [0.29, 0.717) is 0 Å². The molecule has 0 amide bonds. The van der Waals surface area contributed by atoms with E-state index in [2.05, 4.69) is 49.3 Å². The molecule has 1 atom stereocenters. The highest BCUT2D eigenvalue weighted by molar-refractivity contribution is 7.10. The second-order valence-electron chi connectivity index (χ2n) is 5.11. The molecule has 0 saturated carbocycles. The van der Waals surface area contributed by atoms with E-state index in [0.717, 1.165) is 17.1 Å². The van der Waals surface area contributed by atoms with Crippen molar-refractivity contribution in [1.82, 2.24) is 4.98 Å².